The zero-order valence-electron chi connectivity index (χ0n) is 53.3. The number of allylic oxidation sites excluding steroid dienone is 8. The number of rotatable bonds is 60. The van der Waals surface area contributed by atoms with Crippen LogP contribution in [0.1, 0.15) is 387 Å². The Labute approximate surface area is 501 Å². The Morgan fingerprint density at radius 1 is 0.156 bits per heavy atom. The fourth-order valence-corrected chi connectivity index (χ4v) is 9.44. The van der Waals surface area contributed by atoms with E-state index in [2.05, 4.69) is 76.3 Å². The molecule has 460 valence electrons. The molecule has 0 aromatic heterocycles. The van der Waals surface area contributed by atoms with Crippen LogP contribution in [0.15, 0.2) is 48.6 Å². The molecule has 0 aliphatic rings. The van der Waals surface area contributed by atoms with E-state index in [-0.39, 0.29) is 21.7 Å². The van der Waals surface area contributed by atoms with E-state index in [4.69, 9.17) is 20.4 Å². The van der Waals surface area contributed by atoms with Crippen molar-refractivity contribution < 1.29 is 42.1 Å². The molecule has 0 atom stereocenters. The first kappa shape index (κ1) is 85.3. The van der Waals surface area contributed by atoms with E-state index in [1.807, 2.05) is 0 Å². The van der Waals surface area contributed by atoms with E-state index < -0.39 is 0 Å². The molecule has 4 nitrogen and oxygen atoms in total. The van der Waals surface area contributed by atoms with Crippen molar-refractivity contribution >= 4 is 0 Å². The summed E-state index contributed by atoms with van der Waals surface area (Å²) in [6.07, 6.45) is 92.8. The van der Waals surface area contributed by atoms with E-state index in [1.54, 1.807) is 0 Å². The predicted molar refractivity (Wildman–Crippen MR) is 346 cm³/mol. The van der Waals surface area contributed by atoms with Crippen molar-refractivity contribution in [3.05, 3.63) is 48.6 Å². The number of hydrogen-bond acceptors (Lipinski definition) is 4. The van der Waals surface area contributed by atoms with Gasteiger partial charge in [-0.15, -0.1) is 0 Å². The molecule has 0 saturated carbocycles. The second kappa shape index (κ2) is 92.0. The average Bonchev–Trinajstić information content (AvgIpc) is 3.43. The molecule has 0 spiro atoms. The SMILES string of the molecule is CCCCCCCC/C=C\CCCCCCCCO.CCCCCCCC/C=C\CCCCCCCCO.CCCCCCCC/C=C\CCCCCCCCO.CCCCCCCC/C=C\CCCCCCCCO.[Ti]. The second-order valence-corrected chi connectivity index (χ2v) is 22.6. The predicted octanol–water partition coefficient (Wildman–Crippen LogP) is 24.1. The number of hydrogen-bond donors (Lipinski definition) is 4. The van der Waals surface area contributed by atoms with Crippen LogP contribution in [-0.2, 0) is 21.7 Å². The van der Waals surface area contributed by atoms with Gasteiger partial charge < -0.3 is 20.4 Å². The van der Waals surface area contributed by atoms with Crippen molar-refractivity contribution in [2.24, 2.45) is 0 Å². The average molecular weight is 1120 g/mol. The van der Waals surface area contributed by atoms with E-state index in [0.717, 1.165) is 25.7 Å². The van der Waals surface area contributed by atoms with Gasteiger partial charge in [0.1, 0.15) is 0 Å². The van der Waals surface area contributed by atoms with Crippen LogP contribution in [0.25, 0.3) is 0 Å². The van der Waals surface area contributed by atoms with Crippen molar-refractivity contribution in [3.63, 3.8) is 0 Å². The Hall–Kier alpha value is -0.486. The summed E-state index contributed by atoms with van der Waals surface area (Å²) >= 11 is 0. The molecule has 0 aromatic carbocycles. The molecule has 0 radical (unpaired) electrons. The summed E-state index contributed by atoms with van der Waals surface area (Å²) in [7, 11) is 0. The maximum absolute atomic E-state index is 8.66. The monoisotopic (exact) mass is 1120 g/mol. The molecule has 0 rings (SSSR count). The first-order valence-corrected chi connectivity index (χ1v) is 34.7. The van der Waals surface area contributed by atoms with Gasteiger partial charge >= 0.3 is 0 Å². The summed E-state index contributed by atoms with van der Waals surface area (Å²) in [6.45, 7) is 10.5. The van der Waals surface area contributed by atoms with E-state index in [9.17, 15) is 0 Å². The standard InChI is InChI=1S/4C18H36O.Ti/c4*1-2-3-4-5-6-7-8-9-10-11-12-13-14-15-16-17-18-19;/h4*9-10,19H,2-8,11-18H2,1H3;/b4*10-9-;. The molecule has 0 unspecified atom stereocenters. The zero-order valence-corrected chi connectivity index (χ0v) is 54.9. The van der Waals surface area contributed by atoms with E-state index >= 15 is 0 Å². The maximum Gasteiger partial charge on any atom is 0.0431 e. The summed E-state index contributed by atoms with van der Waals surface area (Å²) < 4.78 is 0. The number of unbranched alkanes of at least 4 members (excludes halogenated alkanes) is 48. The number of aliphatic hydroxyl groups is 4. The van der Waals surface area contributed by atoms with Gasteiger partial charge in [0.15, 0.2) is 0 Å². The zero-order chi connectivity index (χ0) is 56.1. The van der Waals surface area contributed by atoms with Crippen LogP contribution in [0.5, 0.6) is 0 Å². The first-order chi connectivity index (χ1) is 37.7. The van der Waals surface area contributed by atoms with Gasteiger partial charge in [-0.1, -0.05) is 307 Å². The molecule has 77 heavy (non-hydrogen) atoms. The molecule has 0 bridgehead atoms. The van der Waals surface area contributed by atoms with E-state index in [1.165, 1.54) is 334 Å². The van der Waals surface area contributed by atoms with Gasteiger partial charge in [-0.3, -0.25) is 0 Å². The van der Waals surface area contributed by atoms with Crippen molar-refractivity contribution in [2.75, 3.05) is 26.4 Å². The van der Waals surface area contributed by atoms with Crippen LogP contribution >= 0.6 is 0 Å². The van der Waals surface area contributed by atoms with Gasteiger partial charge in [0, 0.05) is 48.1 Å². The molecular weight excluding hydrogens is 977 g/mol. The minimum absolute atomic E-state index is 0. The molecule has 0 saturated heterocycles. The summed E-state index contributed by atoms with van der Waals surface area (Å²) in [4.78, 5) is 0. The third-order valence-corrected chi connectivity index (χ3v) is 14.7. The smallest absolute Gasteiger partial charge is 0.0431 e. The molecule has 0 heterocycles. The van der Waals surface area contributed by atoms with Crippen LogP contribution in [-0.4, -0.2) is 46.9 Å². The van der Waals surface area contributed by atoms with Crippen LogP contribution < -0.4 is 0 Å². The Morgan fingerprint density at radius 2 is 0.260 bits per heavy atom. The Bertz CT molecular complexity index is 866. The topological polar surface area (TPSA) is 80.9 Å². The summed E-state index contributed by atoms with van der Waals surface area (Å²) in [5.41, 5.74) is 0. The third-order valence-electron chi connectivity index (χ3n) is 14.7. The fraction of sp³-hybridized carbons (Fsp3) is 0.889. The molecule has 0 fully saturated rings. The largest absolute Gasteiger partial charge is 0.396 e. The summed E-state index contributed by atoms with van der Waals surface area (Å²) in [5.74, 6) is 0. The van der Waals surface area contributed by atoms with Crippen molar-refractivity contribution in [1.82, 2.24) is 0 Å². The molecule has 0 amide bonds. The van der Waals surface area contributed by atoms with E-state index in [0.29, 0.717) is 26.4 Å². The third kappa shape index (κ3) is 101. The molecule has 0 aliphatic heterocycles. The van der Waals surface area contributed by atoms with Crippen LogP contribution in [0.3, 0.4) is 0 Å². The molecule has 0 aliphatic carbocycles. The van der Waals surface area contributed by atoms with Crippen LogP contribution in [0.4, 0.5) is 0 Å². The second-order valence-electron chi connectivity index (χ2n) is 22.6. The minimum Gasteiger partial charge on any atom is -0.396 e. The maximum atomic E-state index is 8.66. The van der Waals surface area contributed by atoms with Gasteiger partial charge in [0.05, 0.1) is 0 Å². The fourth-order valence-electron chi connectivity index (χ4n) is 9.44. The van der Waals surface area contributed by atoms with Crippen LogP contribution in [0, 0.1) is 0 Å². The molecule has 0 aromatic rings. The normalized spacial score (nSPS) is 11.3. The van der Waals surface area contributed by atoms with Crippen molar-refractivity contribution in [3.8, 4) is 0 Å². The Morgan fingerprint density at radius 3 is 0.377 bits per heavy atom. The Balaban J connectivity index is -0.000000298. The van der Waals surface area contributed by atoms with Crippen molar-refractivity contribution in [1.29, 1.82) is 0 Å². The van der Waals surface area contributed by atoms with Gasteiger partial charge in [-0.25, -0.2) is 0 Å². The Kier molecular flexibility index (Phi) is 102. The first-order valence-electron chi connectivity index (χ1n) is 34.7. The minimum atomic E-state index is 0. The molecule has 4 N–H and O–H groups in total. The van der Waals surface area contributed by atoms with Crippen LogP contribution in [0.2, 0.25) is 0 Å². The van der Waals surface area contributed by atoms with Gasteiger partial charge in [0.2, 0.25) is 0 Å². The molecular formula is C72H144O4Ti. The van der Waals surface area contributed by atoms with Gasteiger partial charge in [0.25, 0.3) is 0 Å². The summed E-state index contributed by atoms with van der Waals surface area (Å²) in [6, 6.07) is 0. The van der Waals surface area contributed by atoms with Gasteiger partial charge in [-0.05, 0) is 128 Å². The quantitative estimate of drug-likeness (QED) is 0.0278. The van der Waals surface area contributed by atoms with Crippen molar-refractivity contribution in [2.45, 2.75) is 387 Å². The number of aliphatic hydroxyl groups excluding tert-OH is 4. The summed E-state index contributed by atoms with van der Waals surface area (Å²) in [5, 5.41) is 34.6. The van der Waals surface area contributed by atoms with Gasteiger partial charge in [-0.2, -0.15) is 0 Å². The molecule has 5 heteroatoms.